The monoisotopic (exact) mass is 450 g/mol. The van der Waals surface area contributed by atoms with Crippen LogP contribution in [0.25, 0.3) is 11.1 Å². The van der Waals surface area contributed by atoms with E-state index in [-0.39, 0.29) is 12.4 Å². The zero-order valence-corrected chi connectivity index (χ0v) is 21.2. The van der Waals surface area contributed by atoms with Gasteiger partial charge in [0.15, 0.2) is 6.29 Å². The van der Waals surface area contributed by atoms with Gasteiger partial charge >= 0.3 is 0 Å². The molecule has 1 heterocycles. The average molecular weight is 451 g/mol. The van der Waals surface area contributed by atoms with Crippen molar-refractivity contribution < 1.29 is 9.47 Å². The first-order valence-corrected chi connectivity index (χ1v) is 13.7. The van der Waals surface area contributed by atoms with Gasteiger partial charge in [-0.3, -0.25) is 0 Å². The molecule has 0 bridgehead atoms. The van der Waals surface area contributed by atoms with Crippen molar-refractivity contribution in [3.05, 3.63) is 59.7 Å². The zero-order chi connectivity index (χ0) is 23.1. The Labute approximate surface area is 203 Å². The Morgan fingerprint density at radius 1 is 0.758 bits per heavy atom. The maximum Gasteiger partial charge on any atom is 0.157 e. The van der Waals surface area contributed by atoms with E-state index in [1.54, 1.807) is 0 Å². The quantitative estimate of drug-likeness (QED) is 0.252. The molecule has 33 heavy (non-hydrogen) atoms. The van der Waals surface area contributed by atoms with Crippen LogP contribution < -0.4 is 0 Å². The molecule has 2 nitrogen and oxygen atoms in total. The lowest BCUT2D eigenvalue weighted by Gasteiger charge is -2.26. The third-order valence-electron chi connectivity index (χ3n) is 6.92. The summed E-state index contributed by atoms with van der Waals surface area (Å²) in [6.45, 7) is 5.30. The summed E-state index contributed by atoms with van der Waals surface area (Å²) < 4.78 is 11.8. The molecule has 182 valence electrons. The van der Waals surface area contributed by atoms with Crippen LogP contribution in [0.5, 0.6) is 0 Å². The van der Waals surface area contributed by atoms with Crippen molar-refractivity contribution in [1.29, 1.82) is 0 Å². The van der Waals surface area contributed by atoms with Gasteiger partial charge in [0.1, 0.15) is 0 Å². The van der Waals surface area contributed by atoms with E-state index in [0.29, 0.717) is 0 Å². The molecule has 2 aromatic rings. The molecule has 2 heteroatoms. The minimum atomic E-state index is 0.00893. The number of benzene rings is 2. The molecular weight excluding hydrogens is 404 g/mol. The molecule has 1 saturated heterocycles. The number of aryl methyl sites for hydroxylation is 2. The fourth-order valence-corrected chi connectivity index (χ4v) is 4.71. The Kier molecular flexibility index (Phi) is 12.0. The lowest BCUT2D eigenvalue weighted by atomic mass is 9.99. The lowest BCUT2D eigenvalue weighted by molar-refractivity contribution is -0.185. The van der Waals surface area contributed by atoms with Gasteiger partial charge in [0.05, 0.1) is 6.10 Å². The molecule has 0 aromatic heterocycles. The summed E-state index contributed by atoms with van der Waals surface area (Å²) in [6, 6.07) is 18.3. The maximum atomic E-state index is 6.06. The zero-order valence-electron chi connectivity index (χ0n) is 21.2. The SMILES string of the molecule is CCCCCCCCCCc1ccc(-c2ccc(CCC(C)OC3CCCCO3)cc2)cc1. The Bertz CT molecular complexity index is 743. The van der Waals surface area contributed by atoms with Gasteiger partial charge in [0.2, 0.25) is 0 Å². The molecule has 1 fully saturated rings. The highest BCUT2D eigenvalue weighted by molar-refractivity contribution is 5.64. The number of hydrogen-bond acceptors (Lipinski definition) is 2. The summed E-state index contributed by atoms with van der Waals surface area (Å²) in [7, 11) is 0. The molecule has 2 atom stereocenters. The number of ether oxygens (including phenoxy) is 2. The van der Waals surface area contributed by atoms with E-state index < -0.39 is 0 Å². The molecule has 2 aromatic carbocycles. The van der Waals surface area contributed by atoms with Crippen LogP contribution in [0.3, 0.4) is 0 Å². The minimum absolute atomic E-state index is 0.00893. The van der Waals surface area contributed by atoms with Crippen LogP contribution in [-0.4, -0.2) is 19.0 Å². The van der Waals surface area contributed by atoms with Gasteiger partial charge in [-0.1, -0.05) is 100 Å². The van der Waals surface area contributed by atoms with Crippen LogP contribution in [0.1, 0.15) is 102 Å². The van der Waals surface area contributed by atoms with E-state index in [1.165, 1.54) is 92.9 Å². The summed E-state index contributed by atoms with van der Waals surface area (Å²) >= 11 is 0. The molecule has 0 N–H and O–H groups in total. The molecule has 2 unspecified atom stereocenters. The molecule has 0 radical (unpaired) electrons. The first kappa shape index (κ1) is 26.0. The molecule has 0 amide bonds. The van der Waals surface area contributed by atoms with Crippen LogP contribution in [0.4, 0.5) is 0 Å². The Morgan fingerprint density at radius 2 is 1.33 bits per heavy atom. The standard InChI is InChI=1S/C31H46O2/c1-3-4-5-6-7-8-9-10-13-27-17-21-29(22-18-27)30-23-19-28(20-24-30)16-15-26(2)33-31-14-11-12-25-32-31/h17-24,26,31H,3-16,25H2,1-2H3. The van der Waals surface area contributed by atoms with Crippen molar-refractivity contribution in [3.8, 4) is 11.1 Å². The second-order valence-corrected chi connectivity index (χ2v) is 9.90. The number of hydrogen-bond donors (Lipinski definition) is 0. The highest BCUT2D eigenvalue weighted by Gasteiger charge is 2.17. The van der Waals surface area contributed by atoms with Crippen molar-refractivity contribution in [3.63, 3.8) is 0 Å². The highest BCUT2D eigenvalue weighted by atomic mass is 16.7. The Hall–Kier alpha value is -1.64. The molecule has 0 aliphatic carbocycles. The van der Waals surface area contributed by atoms with Gasteiger partial charge in [-0.05, 0) is 74.1 Å². The molecule has 1 aliphatic rings. The highest BCUT2D eigenvalue weighted by Crippen LogP contribution is 2.23. The largest absolute Gasteiger partial charge is 0.353 e. The molecule has 0 saturated carbocycles. The van der Waals surface area contributed by atoms with Gasteiger partial charge in [-0.15, -0.1) is 0 Å². The summed E-state index contributed by atoms with van der Waals surface area (Å²) in [4.78, 5) is 0. The van der Waals surface area contributed by atoms with Gasteiger partial charge in [0.25, 0.3) is 0 Å². The van der Waals surface area contributed by atoms with Gasteiger partial charge in [0, 0.05) is 6.61 Å². The summed E-state index contributed by atoms with van der Waals surface area (Å²) in [5, 5.41) is 0. The first-order chi connectivity index (χ1) is 16.2. The van der Waals surface area contributed by atoms with Gasteiger partial charge < -0.3 is 9.47 Å². The Morgan fingerprint density at radius 3 is 1.91 bits per heavy atom. The third kappa shape index (κ3) is 10.0. The van der Waals surface area contributed by atoms with Gasteiger partial charge in [-0.2, -0.15) is 0 Å². The number of unbranched alkanes of at least 4 members (excludes halogenated alkanes) is 7. The maximum absolute atomic E-state index is 6.06. The topological polar surface area (TPSA) is 18.5 Å². The van der Waals surface area contributed by atoms with E-state index in [9.17, 15) is 0 Å². The van der Waals surface area contributed by atoms with Crippen LogP contribution in [0.15, 0.2) is 48.5 Å². The molecule has 1 aliphatic heterocycles. The lowest BCUT2D eigenvalue weighted by Crippen LogP contribution is -2.26. The van der Waals surface area contributed by atoms with E-state index in [2.05, 4.69) is 62.4 Å². The summed E-state index contributed by atoms with van der Waals surface area (Å²) in [5.74, 6) is 0. The summed E-state index contributed by atoms with van der Waals surface area (Å²) in [5.41, 5.74) is 5.46. The molecular formula is C31H46O2. The van der Waals surface area contributed by atoms with Gasteiger partial charge in [-0.25, -0.2) is 0 Å². The van der Waals surface area contributed by atoms with Crippen LogP contribution in [-0.2, 0) is 22.3 Å². The first-order valence-electron chi connectivity index (χ1n) is 13.7. The van der Waals surface area contributed by atoms with Crippen LogP contribution in [0.2, 0.25) is 0 Å². The predicted octanol–water partition coefficient (Wildman–Crippen LogP) is 8.90. The summed E-state index contributed by atoms with van der Waals surface area (Å²) in [6.07, 6.45) is 18.0. The van der Waals surface area contributed by atoms with Crippen LogP contribution in [0, 0.1) is 0 Å². The van der Waals surface area contributed by atoms with Crippen molar-refractivity contribution in [1.82, 2.24) is 0 Å². The average Bonchev–Trinajstić information content (AvgIpc) is 2.86. The van der Waals surface area contributed by atoms with Crippen molar-refractivity contribution in [2.24, 2.45) is 0 Å². The molecule has 3 rings (SSSR count). The van der Waals surface area contributed by atoms with E-state index in [4.69, 9.17) is 9.47 Å². The predicted molar refractivity (Wildman–Crippen MR) is 141 cm³/mol. The van der Waals surface area contributed by atoms with Crippen LogP contribution >= 0.6 is 0 Å². The van der Waals surface area contributed by atoms with Crippen molar-refractivity contribution >= 4 is 0 Å². The Balaban J connectivity index is 1.35. The second kappa shape index (κ2) is 15.3. The smallest absolute Gasteiger partial charge is 0.157 e. The van der Waals surface area contributed by atoms with E-state index in [0.717, 1.165) is 25.9 Å². The van der Waals surface area contributed by atoms with Crippen molar-refractivity contribution in [2.75, 3.05) is 6.61 Å². The normalized spacial score (nSPS) is 17.2. The number of rotatable bonds is 15. The minimum Gasteiger partial charge on any atom is -0.353 e. The van der Waals surface area contributed by atoms with E-state index >= 15 is 0 Å². The molecule has 0 spiro atoms. The second-order valence-electron chi connectivity index (χ2n) is 9.90. The third-order valence-corrected chi connectivity index (χ3v) is 6.92. The van der Waals surface area contributed by atoms with Crippen molar-refractivity contribution in [2.45, 2.75) is 116 Å². The van der Waals surface area contributed by atoms with E-state index in [1.807, 2.05) is 0 Å². The fourth-order valence-electron chi connectivity index (χ4n) is 4.71. The fraction of sp³-hybridized carbons (Fsp3) is 0.613.